The minimum absolute atomic E-state index is 0.0967. The minimum Gasteiger partial charge on any atom is -0.481 e. The van der Waals surface area contributed by atoms with Crippen LogP contribution in [0.25, 0.3) is 5.69 Å². The molecule has 0 bridgehead atoms. The lowest BCUT2D eigenvalue weighted by Crippen LogP contribution is -2.04. The van der Waals surface area contributed by atoms with Crippen molar-refractivity contribution >= 4 is 40.8 Å². The van der Waals surface area contributed by atoms with E-state index in [0.29, 0.717) is 37.7 Å². The maximum atomic E-state index is 10.9. The molecular weight excluding hydrogens is 323 g/mol. The molecule has 1 N–H and O–H groups in total. The molecule has 0 aliphatic carbocycles. The predicted octanol–water partition coefficient (Wildman–Crippen LogP) is 4.08. The van der Waals surface area contributed by atoms with E-state index in [1.165, 1.54) is 0 Å². The Kier molecular flexibility index (Phi) is 4.28. The zero-order valence-corrected chi connectivity index (χ0v) is 13.0. The Morgan fingerprint density at radius 3 is 2.30 bits per heavy atom. The van der Waals surface area contributed by atoms with Crippen molar-refractivity contribution in [2.24, 2.45) is 0 Å². The third-order valence-corrected chi connectivity index (χ3v) is 3.76. The number of carbonyl (C=O) groups is 1. The van der Waals surface area contributed by atoms with Crippen LogP contribution in [-0.2, 0) is 11.2 Å². The summed E-state index contributed by atoms with van der Waals surface area (Å²) in [5.41, 5.74) is 2.47. The second-order valence-electron chi connectivity index (χ2n) is 4.35. The maximum Gasteiger partial charge on any atom is 0.307 e. The average Bonchev–Trinajstić information content (AvgIpc) is 2.55. The summed E-state index contributed by atoms with van der Waals surface area (Å²) in [6.45, 7) is 3.53. The highest BCUT2D eigenvalue weighted by Crippen LogP contribution is 2.33. The molecule has 0 saturated heterocycles. The molecule has 0 radical (unpaired) electrons. The molecule has 2 aromatic rings. The Bertz CT molecular complexity index is 672. The van der Waals surface area contributed by atoms with E-state index in [2.05, 4.69) is 5.10 Å². The van der Waals surface area contributed by atoms with Crippen molar-refractivity contribution in [3.05, 3.63) is 44.2 Å². The fraction of sp³-hybridized carbons (Fsp3) is 0.231. The standard InChI is InChI=1S/C13H11Cl3N2O2/c1-6-9(5-12(19)20)7(2)18(17-6)13-10(15)3-8(14)4-11(13)16/h3-4H,5H2,1-2H3,(H,19,20). The van der Waals surface area contributed by atoms with Crippen molar-refractivity contribution in [1.82, 2.24) is 9.78 Å². The van der Waals surface area contributed by atoms with Crippen LogP contribution >= 0.6 is 34.8 Å². The van der Waals surface area contributed by atoms with Gasteiger partial charge < -0.3 is 5.11 Å². The largest absolute Gasteiger partial charge is 0.481 e. The molecule has 1 heterocycles. The number of carboxylic acid groups (broad SMARTS) is 1. The Labute approximate surface area is 130 Å². The summed E-state index contributed by atoms with van der Waals surface area (Å²) in [6, 6.07) is 3.13. The van der Waals surface area contributed by atoms with Crippen molar-refractivity contribution in [1.29, 1.82) is 0 Å². The number of benzene rings is 1. The quantitative estimate of drug-likeness (QED) is 0.921. The van der Waals surface area contributed by atoms with Crippen LogP contribution in [0.3, 0.4) is 0 Å². The summed E-state index contributed by atoms with van der Waals surface area (Å²) < 4.78 is 1.55. The first kappa shape index (κ1) is 15.2. The van der Waals surface area contributed by atoms with Crippen LogP contribution < -0.4 is 0 Å². The van der Waals surface area contributed by atoms with Gasteiger partial charge in [0.05, 0.1) is 22.2 Å². The Balaban J connectivity index is 2.63. The molecule has 0 fully saturated rings. The Hall–Kier alpha value is -1.23. The van der Waals surface area contributed by atoms with Crippen LogP contribution in [0.4, 0.5) is 0 Å². The molecule has 106 valence electrons. The first-order valence-corrected chi connectivity index (χ1v) is 6.86. The van der Waals surface area contributed by atoms with Crippen molar-refractivity contribution < 1.29 is 9.90 Å². The molecule has 2 rings (SSSR count). The van der Waals surface area contributed by atoms with E-state index in [1.807, 2.05) is 0 Å². The highest BCUT2D eigenvalue weighted by atomic mass is 35.5. The Morgan fingerprint density at radius 2 is 1.80 bits per heavy atom. The van der Waals surface area contributed by atoms with Gasteiger partial charge in [0.25, 0.3) is 0 Å². The zero-order valence-electron chi connectivity index (χ0n) is 10.7. The van der Waals surface area contributed by atoms with Crippen molar-refractivity contribution in [2.75, 3.05) is 0 Å². The van der Waals surface area contributed by atoms with Crippen molar-refractivity contribution in [3.63, 3.8) is 0 Å². The molecular formula is C13H11Cl3N2O2. The van der Waals surface area contributed by atoms with E-state index in [4.69, 9.17) is 39.9 Å². The molecule has 0 atom stereocenters. The van der Waals surface area contributed by atoms with Gasteiger partial charge in [-0.1, -0.05) is 34.8 Å². The number of carboxylic acids is 1. The second kappa shape index (κ2) is 5.64. The van der Waals surface area contributed by atoms with E-state index in [0.717, 1.165) is 0 Å². The number of aryl methyl sites for hydroxylation is 1. The second-order valence-corrected chi connectivity index (χ2v) is 5.60. The lowest BCUT2D eigenvalue weighted by molar-refractivity contribution is -0.136. The lowest BCUT2D eigenvalue weighted by Gasteiger charge is -2.10. The number of aromatic nitrogens is 2. The minimum atomic E-state index is -0.913. The highest BCUT2D eigenvalue weighted by molar-refractivity contribution is 6.40. The van der Waals surface area contributed by atoms with E-state index in [1.54, 1.807) is 30.7 Å². The van der Waals surface area contributed by atoms with Gasteiger partial charge in [-0.25, -0.2) is 4.68 Å². The molecule has 0 aliphatic rings. The molecule has 7 heteroatoms. The van der Waals surface area contributed by atoms with Crippen LogP contribution in [0.2, 0.25) is 15.1 Å². The van der Waals surface area contributed by atoms with Gasteiger partial charge in [0, 0.05) is 16.3 Å². The van der Waals surface area contributed by atoms with Gasteiger partial charge in [0.2, 0.25) is 0 Å². The SMILES string of the molecule is Cc1nn(-c2c(Cl)cc(Cl)cc2Cl)c(C)c1CC(=O)O. The molecule has 0 spiro atoms. The van der Waals surface area contributed by atoms with E-state index in [-0.39, 0.29) is 6.42 Å². The third-order valence-electron chi connectivity index (χ3n) is 2.96. The van der Waals surface area contributed by atoms with E-state index >= 15 is 0 Å². The molecule has 0 aliphatic heterocycles. The average molecular weight is 334 g/mol. The predicted molar refractivity (Wildman–Crippen MR) is 79.4 cm³/mol. The smallest absolute Gasteiger partial charge is 0.307 e. The summed E-state index contributed by atoms with van der Waals surface area (Å²) in [5.74, 6) is -0.913. The molecule has 0 amide bonds. The van der Waals surface area contributed by atoms with Gasteiger partial charge in [-0.3, -0.25) is 4.79 Å². The number of aliphatic carboxylic acids is 1. The van der Waals surface area contributed by atoms with Gasteiger partial charge in [-0.05, 0) is 26.0 Å². The summed E-state index contributed by atoms with van der Waals surface area (Å²) >= 11 is 18.2. The molecule has 0 unspecified atom stereocenters. The van der Waals surface area contributed by atoms with Gasteiger partial charge >= 0.3 is 5.97 Å². The summed E-state index contributed by atoms with van der Waals surface area (Å²) in [5, 5.41) is 14.4. The van der Waals surface area contributed by atoms with Crippen LogP contribution in [0.15, 0.2) is 12.1 Å². The highest BCUT2D eigenvalue weighted by Gasteiger charge is 2.19. The van der Waals surface area contributed by atoms with E-state index < -0.39 is 5.97 Å². The molecule has 0 saturated carbocycles. The summed E-state index contributed by atoms with van der Waals surface area (Å²) in [7, 11) is 0. The summed E-state index contributed by atoms with van der Waals surface area (Å²) in [4.78, 5) is 10.9. The molecule has 20 heavy (non-hydrogen) atoms. The normalized spacial score (nSPS) is 10.8. The first-order chi connectivity index (χ1) is 9.31. The zero-order chi connectivity index (χ0) is 15.0. The fourth-order valence-corrected chi connectivity index (χ4v) is 3.01. The first-order valence-electron chi connectivity index (χ1n) is 5.73. The van der Waals surface area contributed by atoms with Crippen molar-refractivity contribution in [3.8, 4) is 5.69 Å². The van der Waals surface area contributed by atoms with Crippen molar-refractivity contribution in [2.45, 2.75) is 20.3 Å². The van der Waals surface area contributed by atoms with Crippen LogP contribution in [0.1, 0.15) is 17.0 Å². The van der Waals surface area contributed by atoms with Gasteiger partial charge in [-0.15, -0.1) is 0 Å². The number of hydrogen-bond acceptors (Lipinski definition) is 2. The Morgan fingerprint density at radius 1 is 1.25 bits per heavy atom. The van der Waals surface area contributed by atoms with E-state index in [9.17, 15) is 4.79 Å². The molecule has 1 aromatic heterocycles. The third kappa shape index (κ3) is 2.77. The number of hydrogen-bond donors (Lipinski definition) is 1. The molecule has 4 nitrogen and oxygen atoms in total. The maximum absolute atomic E-state index is 10.9. The van der Waals surface area contributed by atoms with Crippen LogP contribution in [0, 0.1) is 13.8 Å². The van der Waals surface area contributed by atoms with Gasteiger partial charge in [0.1, 0.15) is 5.69 Å². The van der Waals surface area contributed by atoms with Gasteiger partial charge in [-0.2, -0.15) is 5.10 Å². The fourth-order valence-electron chi connectivity index (χ4n) is 2.04. The number of halogens is 3. The monoisotopic (exact) mass is 332 g/mol. The topological polar surface area (TPSA) is 55.1 Å². The van der Waals surface area contributed by atoms with Gasteiger partial charge in [0.15, 0.2) is 0 Å². The lowest BCUT2D eigenvalue weighted by atomic mass is 10.1. The number of nitrogens with zero attached hydrogens (tertiary/aromatic N) is 2. The van der Waals surface area contributed by atoms with Crippen LogP contribution in [0.5, 0.6) is 0 Å². The molecule has 1 aromatic carbocycles. The van der Waals surface area contributed by atoms with Crippen LogP contribution in [-0.4, -0.2) is 20.9 Å². The number of rotatable bonds is 3. The summed E-state index contributed by atoms with van der Waals surface area (Å²) in [6.07, 6.45) is -0.0967.